The van der Waals surface area contributed by atoms with Gasteiger partial charge in [-0.2, -0.15) is 4.98 Å². The molecule has 0 saturated heterocycles. The Bertz CT molecular complexity index is 612. The van der Waals surface area contributed by atoms with E-state index in [1.807, 2.05) is 24.3 Å². The standard InChI is InChI=1S/C14H15N3O3/c1-20-12-8-11(16-14(15)17-12)10-5-2-9(3-6-10)4-7-13(18)19/h2-3,5-6,8H,4,7H2,1H3,(H,18,19)(H2,15,16,17). The van der Waals surface area contributed by atoms with Crippen LogP contribution in [-0.2, 0) is 11.2 Å². The topological polar surface area (TPSA) is 98.3 Å². The van der Waals surface area contributed by atoms with Crippen molar-refractivity contribution in [3.63, 3.8) is 0 Å². The van der Waals surface area contributed by atoms with E-state index in [-0.39, 0.29) is 12.4 Å². The summed E-state index contributed by atoms with van der Waals surface area (Å²) in [6, 6.07) is 9.20. The predicted molar refractivity (Wildman–Crippen MR) is 74.4 cm³/mol. The molecule has 6 heteroatoms. The molecule has 0 saturated carbocycles. The van der Waals surface area contributed by atoms with E-state index < -0.39 is 5.97 Å². The minimum absolute atomic E-state index is 0.119. The Morgan fingerprint density at radius 3 is 2.60 bits per heavy atom. The zero-order valence-corrected chi connectivity index (χ0v) is 11.0. The summed E-state index contributed by atoms with van der Waals surface area (Å²) >= 11 is 0. The predicted octanol–water partition coefficient (Wildman–Crippen LogP) is 1.75. The van der Waals surface area contributed by atoms with Gasteiger partial charge in [0, 0.05) is 18.1 Å². The van der Waals surface area contributed by atoms with Crippen LogP contribution in [0.25, 0.3) is 11.3 Å². The number of nitrogen functional groups attached to an aromatic ring is 1. The lowest BCUT2D eigenvalue weighted by Crippen LogP contribution is -1.99. The van der Waals surface area contributed by atoms with E-state index >= 15 is 0 Å². The Morgan fingerprint density at radius 1 is 1.30 bits per heavy atom. The van der Waals surface area contributed by atoms with Crippen molar-refractivity contribution in [1.82, 2.24) is 9.97 Å². The lowest BCUT2D eigenvalue weighted by Gasteiger charge is -2.06. The molecule has 20 heavy (non-hydrogen) atoms. The second-order valence-corrected chi connectivity index (χ2v) is 4.24. The Morgan fingerprint density at radius 2 is 2.00 bits per heavy atom. The SMILES string of the molecule is COc1cc(-c2ccc(CCC(=O)O)cc2)nc(N)n1. The summed E-state index contributed by atoms with van der Waals surface area (Å²) in [5.74, 6) is -0.251. The van der Waals surface area contributed by atoms with Crippen molar-refractivity contribution in [3.05, 3.63) is 35.9 Å². The summed E-state index contributed by atoms with van der Waals surface area (Å²) in [5, 5.41) is 8.65. The number of hydrogen-bond acceptors (Lipinski definition) is 5. The monoisotopic (exact) mass is 273 g/mol. The van der Waals surface area contributed by atoms with Crippen molar-refractivity contribution in [2.75, 3.05) is 12.8 Å². The second-order valence-electron chi connectivity index (χ2n) is 4.24. The van der Waals surface area contributed by atoms with Crippen LogP contribution in [0.3, 0.4) is 0 Å². The van der Waals surface area contributed by atoms with Gasteiger partial charge in [0.1, 0.15) is 0 Å². The van der Waals surface area contributed by atoms with Gasteiger partial charge in [-0.3, -0.25) is 4.79 Å². The number of carbonyl (C=O) groups is 1. The first-order valence-corrected chi connectivity index (χ1v) is 6.08. The van der Waals surface area contributed by atoms with Crippen LogP contribution in [0.1, 0.15) is 12.0 Å². The number of benzene rings is 1. The highest BCUT2D eigenvalue weighted by atomic mass is 16.5. The molecule has 1 aromatic carbocycles. The third kappa shape index (κ3) is 3.44. The van der Waals surface area contributed by atoms with E-state index in [2.05, 4.69) is 9.97 Å². The van der Waals surface area contributed by atoms with Crippen LogP contribution < -0.4 is 10.5 Å². The Kier molecular flexibility index (Phi) is 4.14. The maximum atomic E-state index is 10.5. The number of hydrogen-bond donors (Lipinski definition) is 2. The third-order valence-corrected chi connectivity index (χ3v) is 2.81. The second kappa shape index (κ2) is 6.01. The number of nitrogens with zero attached hydrogens (tertiary/aromatic N) is 2. The fraction of sp³-hybridized carbons (Fsp3) is 0.214. The maximum absolute atomic E-state index is 10.5. The van der Waals surface area contributed by atoms with Crippen molar-refractivity contribution < 1.29 is 14.6 Å². The highest BCUT2D eigenvalue weighted by Gasteiger charge is 2.06. The molecule has 0 aliphatic rings. The molecule has 0 aliphatic heterocycles. The number of carboxylic acid groups (broad SMARTS) is 1. The van der Waals surface area contributed by atoms with Gasteiger partial charge in [-0.15, -0.1) is 0 Å². The number of rotatable bonds is 5. The Hall–Kier alpha value is -2.63. The number of methoxy groups -OCH3 is 1. The molecule has 0 fully saturated rings. The number of ether oxygens (including phenoxy) is 1. The third-order valence-electron chi connectivity index (χ3n) is 2.81. The van der Waals surface area contributed by atoms with Crippen LogP contribution in [0.2, 0.25) is 0 Å². The molecule has 0 amide bonds. The van der Waals surface area contributed by atoms with Crippen LogP contribution in [0.5, 0.6) is 5.88 Å². The van der Waals surface area contributed by atoms with Crippen LogP contribution in [-0.4, -0.2) is 28.2 Å². The zero-order valence-electron chi connectivity index (χ0n) is 11.0. The maximum Gasteiger partial charge on any atom is 0.303 e. The molecule has 104 valence electrons. The smallest absolute Gasteiger partial charge is 0.303 e. The lowest BCUT2D eigenvalue weighted by molar-refractivity contribution is -0.136. The average Bonchev–Trinajstić information content (AvgIpc) is 2.45. The summed E-state index contributed by atoms with van der Waals surface area (Å²) in [6.07, 6.45) is 0.623. The largest absolute Gasteiger partial charge is 0.481 e. The molecule has 3 N–H and O–H groups in total. The Labute approximate surface area is 116 Å². The molecule has 2 aromatic rings. The van der Waals surface area contributed by atoms with E-state index in [0.29, 0.717) is 18.0 Å². The number of nitrogens with two attached hydrogens (primary N) is 1. The van der Waals surface area contributed by atoms with Gasteiger partial charge in [0.25, 0.3) is 0 Å². The van der Waals surface area contributed by atoms with Gasteiger partial charge in [-0.1, -0.05) is 24.3 Å². The molecule has 0 bridgehead atoms. The van der Waals surface area contributed by atoms with E-state index in [0.717, 1.165) is 11.1 Å². The fourth-order valence-corrected chi connectivity index (χ4v) is 1.79. The molecule has 0 spiro atoms. The first-order chi connectivity index (χ1) is 9.58. The molecule has 0 atom stereocenters. The van der Waals surface area contributed by atoms with E-state index in [4.69, 9.17) is 15.6 Å². The van der Waals surface area contributed by atoms with Gasteiger partial charge >= 0.3 is 5.97 Å². The number of aliphatic carboxylic acids is 1. The van der Waals surface area contributed by atoms with Gasteiger partial charge in [0.05, 0.1) is 12.8 Å². The number of carboxylic acids is 1. The van der Waals surface area contributed by atoms with Crippen LogP contribution in [0, 0.1) is 0 Å². The fourth-order valence-electron chi connectivity index (χ4n) is 1.79. The van der Waals surface area contributed by atoms with E-state index in [1.165, 1.54) is 7.11 Å². The van der Waals surface area contributed by atoms with Gasteiger partial charge in [0.15, 0.2) is 0 Å². The highest BCUT2D eigenvalue weighted by molar-refractivity contribution is 5.67. The number of aryl methyl sites for hydroxylation is 1. The van der Waals surface area contributed by atoms with Crippen LogP contribution in [0.4, 0.5) is 5.95 Å². The van der Waals surface area contributed by atoms with Gasteiger partial charge < -0.3 is 15.6 Å². The summed E-state index contributed by atoms with van der Waals surface area (Å²) < 4.78 is 5.05. The Balaban J connectivity index is 2.21. The van der Waals surface area contributed by atoms with Crippen LogP contribution in [0.15, 0.2) is 30.3 Å². The summed E-state index contributed by atoms with van der Waals surface area (Å²) in [7, 11) is 1.51. The number of aromatic nitrogens is 2. The molecular weight excluding hydrogens is 258 g/mol. The molecule has 1 aromatic heterocycles. The average molecular weight is 273 g/mol. The normalized spacial score (nSPS) is 10.2. The van der Waals surface area contributed by atoms with Crippen molar-refractivity contribution in [2.45, 2.75) is 12.8 Å². The molecule has 2 rings (SSSR count). The minimum atomic E-state index is -0.803. The zero-order chi connectivity index (χ0) is 14.5. The van der Waals surface area contributed by atoms with Crippen molar-refractivity contribution >= 4 is 11.9 Å². The molecule has 0 unspecified atom stereocenters. The summed E-state index contributed by atoms with van der Waals surface area (Å²) in [5.41, 5.74) is 8.12. The highest BCUT2D eigenvalue weighted by Crippen LogP contribution is 2.22. The molecular formula is C14H15N3O3. The van der Waals surface area contributed by atoms with Gasteiger partial charge in [0.2, 0.25) is 11.8 Å². The molecule has 0 aliphatic carbocycles. The van der Waals surface area contributed by atoms with Gasteiger partial charge in [-0.05, 0) is 12.0 Å². The number of anilines is 1. The first kappa shape index (κ1) is 13.8. The van der Waals surface area contributed by atoms with Crippen LogP contribution >= 0.6 is 0 Å². The van der Waals surface area contributed by atoms with Crippen molar-refractivity contribution in [1.29, 1.82) is 0 Å². The quantitative estimate of drug-likeness (QED) is 0.861. The van der Waals surface area contributed by atoms with Crippen molar-refractivity contribution in [2.24, 2.45) is 0 Å². The summed E-state index contributed by atoms with van der Waals surface area (Å²) in [4.78, 5) is 18.6. The molecule has 6 nitrogen and oxygen atoms in total. The first-order valence-electron chi connectivity index (χ1n) is 6.08. The van der Waals surface area contributed by atoms with E-state index in [9.17, 15) is 4.79 Å². The van der Waals surface area contributed by atoms with Crippen molar-refractivity contribution in [3.8, 4) is 17.1 Å². The lowest BCUT2D eigenvalue weighted by atomic mass is 10.1. The molecule has 1 heterocycles. The molecule has 0 radical (unpaired) electrons. The minimum Gasteiger partial charge on any atom is -0.481 e. The summed E-state index contributed by atoms with van der Waals surface area (Å²) in [6.45, 7) is 0. The van der Waals surface area contributed by atoms with Gasteiger partial charge in [-0.25, -0.2) is 4.98 Å². The van der Waals surface area contributed by atoms with E-state index in [1.54, 1.807) is 6.07 Å².